The minimum absolute atomic E-state index is 0.152. The summed E-state index contributed by atoms with van der Waals surface area (Å²) in [5, 5.41) is 3.10. The molecule has 2 rings (SSSR count). The van der Waals surface area contributed by atoms with Crippen LogP contribution in [-0.4, -0.2) is 12.0 Å². The van der Waals surface area contributed by atoms with E-state index in [0.29, 0.717) is 4.90 Å². The van der Waals surface area contributed by atoms with E-state index in [9.17, 15) is 4.39 Å². The molecule has 2 aromatic rings. The van der Waals surface area contributed by atoms with Gasteiger partial charge in [-0.3, -0.25) is 4.98 Å². The van der Waals surface area contributed by atoms with E-state index in [0.717, 1.165) is 10.5 Å². The van der Waals surface area contributed by atoms with Crippen LogP contribution in [-0.2, 0) is 0 Å². The van der Waals surface area contributed by atoms with E-state index in [1.54, 1.807) is 18.5 Å². The molecule has 0 saturated carbocycles. The maximum absolute atomic E-state index is 14.0. The molecule has 1 atom stereocenters. The first-order chi connectivity index (χ1) is 8.70. The number of hydrogen-bond donors (Lipinski definition) is 1. The Morgan fingerprint density at radius 1 is 1.22 bits per heavy atom. The van der Waals surface area contributed by atoms with Gasteiger partial charge in [-0.1, -0.05) is 17.8 Å². The van der Waals surface area contributed by atoms with Crippen LogP contribution in [0.5, 0.6) is 0 Å². The summed E-state index contributed by atoms with van der Waals surface area (Å²) >= 11 is 1.41. The second-order valence-corrected chi connectivity index (χ2v) is 5.10. The predicted octanol–water partition coefficient (Wildman–Crippen LogP) is 3.65. The van der Waals surface area contributed by atoms with Gasteiger partial charge in [-0.25, -0.2) is 4.39 Å². The van der Waals surface area contributed by atoms with Gasteiger partial charge < -0.3 is 5.32 Å². The molecule has 0 bridgehead atoms. The molecule has 18 heavy (non-hydrogen) atoms. The van der Waals surface area contributed by atoms with Crippen LogP contribution in [0.25, 0.3) is 0 Å². The highest BCUT2D eigenvalue weighted by molar-refractivity contribution is 7.99. The first kappa shape index (κ1) is 13.1. The van der Waals surface area contributed by atoms with Gasteiger partial charge in [-0.2, -0.15) is 0 Å². The van der Waals surface area contributed by atoms with Crippen LogP contribution < -0.4 is 5.32 Å². The highest BCUT2D eigenvalue weighted by Gasteiger charge is 2.08. The fraction of sp³-hybridized carbons (Fsp3) is 0.214. The summed E-state index contributed by atoms with van der Waals surface area (Å²) < 4.78 is 14.0. The van der Waals surface area contributed by atoms with E-state index in [1.165, 1.54) is 11.8 Å². The number of nitrogens with zero attached hydrogens (tertiary/aromatic N) is 1. The maximum atomic E-state index is 14.0. The summed E-state index contributed by atoms with van der Waals surface area (Å²) in [7, 11) is 1.86. The molecule has 1 aromatic heterocycles. The van der Waals surface area contributed by atoms with Crippen LogP contribution in [0.4, 0.5) is 4.39 Å². The standard InChI is InChI=1S/C14H15FN2S/c1-10(16-2)11-3-4-14(13(15)9-11)18-12-5-7-17-8-6-12/h3-10,16H,1-2H3. The van der Waals surface area contributed by atoms with Gasteiger partial charge in [-0.05, 0) is 43.8 Å². The molecule has 0 aliphatic rings. The number of halogens is 1. The molecule has 94 valence electrons. The number of aromatic nitrogens is 1. The molecule has 1 aromatic carbocycles. The van der Waals surface area contributed by atoms with E-state index < -0.39 is 0 Å². The van der Waals surface area contributed by atoms with Crippen molar-refractivity contribution in [2.45, 2.75) is 22.8 Å². The smallest absolute Gasteiger partial charge is 0.137 e. The fourth-order valence-electron chi connectivity index (χ4n) is 1.57. The van der Waals surface area contributed by atoms with Gasteiger partial charge in [0.05, 0.1) is 0 Å². The van der Waals surface area contributed by atoms with Crippen LogP contribution in [0, 0.1) is 5.82 Å². The van der Waals surface area contributed by atoms with Gasteiger partial charge >= 0.3 is 0 Å². The third kappa shape index (κ3) is 3.09. The SMILES string of the molecule is CNC(C)c1ccc(Sc2ccncc2)c(F)c1. The van der Waals surface area contributed by atoms with Gasteiger partial charge in [0.25, 0.3) is 0 Å². The lowest BCUT2D eigenvalue weighted by Crippen LogP contribution is -2.12. The number of rotatable bonds is 4. The number of benzene rings is 1. The molecule has 2 nitrogen and oxygen atoms in total. The maximum Gasteiger partial charge on any atom is 0.137 e. The fourth-order valence-corrected chi connectivity index (χ4v) is 2.37. The summed E-state index contributed by atoms with van der Waals surface area (Å²) in [4.78, 5) is 5.56. The number of nitrogens with one attached hydrogen (secondary N) is 1. The zero-order chi connectivity index (χ0) is 13.0. The van der Waals surface area contributed by atoms with Crippen LogP contribution in [0.15, 0.2) is 52.5 Å². The molecule has 0 saturated heterocycles. The second-order valence-electron chi connectivity index (χ2n) is 3.99. The van der Waals surface area contributed by atoms with E-state index >= 15 is 0 Å². The summed E-state index contributed by atoms with van der Waals surface area (Å²) in [5.74, 6) is -0.184. The summed E-state index contributed by atoms with van der Waals surface area (Å²) in [6.45, 7) is 2.00. The van der Waals surface area contributed by atoms with Crippen molar-refractivity contribution in [2.24, 2.45) is 0 Å². The summed E-state index contributed by atoms with van der Waals surface area (Å²) in [5.41, 5.74) is 0.953. The molecular formula is C14H15FN2S. The quantitative estimate of drug-likeness (QED) is 0.910. The highest BCUT2D eigenvalue weighted by Crippen LogP contribution is 2.30. The summed E-state index contributed by atoms with van der Waals surface area (Å²) in [6, 6.07) is 9.25. The molecule has 0 radical (unpaired) electrons. The van der Waals surface area contributed by atoms with Crippen molar-refractivity contribution in [3.63, 3.8) is 0 Å². The lowest BCUT2D eigenvalue weighted by molar-refractivity contribution is 0.587. The molecule has 0 aliphatic carbocycles. The van der Waals surface area contributed by atoms with E-state index in [1.807, 2.05) is 38.2 Å². The van der Waals surface area contributed by atoms with Crippen molar-refractivity contribution in [3.8, 4) is 0 Å². The Morgan fingerprint density at radius 3 is 2.56 bits per heavy atom. The highest BCUT2D eigenvalue weighted by atomic mass is 32.2. The lowest BCUT2D eigenvalue weighted by Gasteiger charge is -2.12. The van der Waals surface area contributed by atoms with Crippen LogP contribution in [0.1, 0.15) is 18.5 Å². The van der Waals surface area contributed by atoms with Crippen molar-refractivity contribution < 1.29 is 4.39 Å². The monoisotopic (exact) mass is 262 g/mol. The molecule has 0 spiro atoms. The Kier molecular flexibility index (Phi) is 4.33. The van der Waals surface area contributed by atoms with Crippen molar-refractivity contribution in [2.75, 3.05) is 7.05 Å². The molecule has 0 amide bonds. The molecule has 1 heterocycles. The molecule has 4 heteroatoms. The van der Waals surface area contributed by atoms with Gasteiger partial charge in [0.15, 0.2) is 0 Å². The topological polar surface area (TPSA) is 24.9 Å². The zero-order valence-corrected chi connectivity index (χ0v) is 11.2. The first-order valence-electron chi connectivity index (χ1n) is 5.75. The summed E-state index contributed by atoms with van der Waals surface area (Å²) in [6.07, 6.45) is 3.41. The minimum Gasteiger partial charge on any atom is -0.313 e. The molecule has 1 N–H and O–H groups in total. The van der Waals surface area contributed by atoms with Crippen LogP contribution in [0.3, 0.4) is 0 Å². The molecule has 1 unspecified atom stereocenters. The van der Waals surface area contributed by atoms with Crippen molar-refractivity contribution >= 4 is 11.8 Å². The van der Waals surface area contributed by atoms with Crippen LogP contribution in [0.2, 0.25) is 0 Å². The Labute approximate surface area is 111 Å². The first-order valence-corrected chi connectivity index (χ1v) is 6.57. The lowest BCUT2D eigenvalue weighted by atomic mass is 10.1. The third-order valence-corrected chi connectivity index (χ3v) is 3.83. The molecule has 0 fully saturated rings. The van der Waals surface area contributed by atoms with E-state index in [4.69, 9.17) is 0 Å². The van der Waals surface area contributed by atoms with Gasteiger partial charge in [0, 0.05) is 28.2 Å². The zero-order valence-electron chi connectivity index (χ0n) is 10.4. The van der Waals surface area contributed by atoms with Gasteiger partial charge in [0.2, 0.25) is 0 Å². The Balaban J connectivity index is 2.20. The Bertz CT molecular complexity index is 516. The van der Waals surface area contributed by atoms with Crippen molar-refractivity contribution in [1.29, 1.82) is 0 Å². The Hall–Kier alpha value is -1.39. The van der Waals surface area contributed by atoms with Gasteiger partial charge in [0.1, 0.15) is 5.82 Å². The second kappa shape index (κ2) is 5.98. The van der Waals surface area contributed by atoms with Crippen molar-refractivity contribution in [3.05, 3.63) is 54.1 Å². The normalized spacial score (nSPS) is 12.4. The van der Waals surface area contributed by atoms with Crippen molar-refractivity contribution in [1.82, 2.24) is 10.3 Å². The molecular weight excluding hydrogens is 247 g/mol. The largest absolute Gasteiger partial charge is 0.313 e. The van der Waals surface area contributed by atoms with E-state index in [2.05, 4.69) is 10.3 Å². The Morgan fingerprint density at radius 2 is 1.94 bits per heavy atom. The predicted molar refractivity (Wildman–Crippen MR) is 72.2 cm³/mol. The molecule has 0 aliphatic heterocycles. The number of hydrogen-bond acceptors (Lipinski definition) is 3. The number of pyridine rings is 1. The third-order valence-electron chi connectivity index (χ3n) is 2.77. The van der Waals surface area contributed by atoms with E-state index in [-0.39, 0.29) is 11.9 Å². The minimum atomic E-state index is -0.184. The average molecular weight is 262 g/mol. The average Bonchev–Trinajstić information content (AvgIpc) is 2.41. The van der Waals surface area contributed by atoms with Crippen LogP contribution >= 0.6 is 11.8 Å². The van der Waals surface area contributed by atoms with Gasteiger partial charge in [-0.15, -0.1) is 0 Å².